The number of benzene rings is 1. The van der Waals surface area contributed by atoms with Gasteiger partial charge in [0.2, 0.25) is 0 Å². The third kappa shape index (κ3) is 4.23. The summed E-state index contributed by atoms with van der Waals surface area (Å²) in [6.07, 6.45) is 5.66. The van der Waals surface area contributed by atoms with Crippen molar-refractivity contribution in [2.75, 3.05) is 6.61 Å². The van der Waals surface area contributed by atoms with Crippen LogP contribution in [0.4, 0.5) is 0 Å². The van der Waals surface area contributed by atoms with Gasteiger partial charge in [-0.1, -0.05) is 36.6 Å². The maximum Gasteiger partial charge on any atom is 0.119 e. The zero-order valence-corrected chi connectivity index (χ0v) is 12.0. The lowest BCUT2D eigenvalue weighted by molar-refractivity contribution is -0.0339. The third-order valence-electron chi connectivity index (χ3n) is 3.85. The predicted molar refractivity (Wildman–Crippen MR) is 78.6 cm³/mol. The van der Waals surface area contributed by atoms with Crippen molar-refractivity contribution in [2.45, 2.75) is 51.0 Å². The molecule has 2 rings (SSSR count). The molecule has 1 aromatic carbocycles. The molecular weight excluding hydrogens is 254 g/mol. The molecule has 0 unspecified atom stereocenters. The maximum absolute atomic E-state index is 10.4. The predicted octanol–water partition coefficient (Wildman–Crippen LogP) is 3.15. The zero-order chi connectivity index (χ0) is 14.4. The van der Waals surface area contributed by atoms with Crippen LogP contribution in [0, 0.1) is 0 Å². The Hall–Kier alpha value is -1.55. The highest BCUT2D eigenvalue weighted by Gasteiger charge is 2.29. The molecule has 4 nitrogen and oxygen atoms in total. The summed E-state index contributed by atoms with van der Waals surface area (Å²) < 4.78 is 5.71. The molecule has 0 radical (unpaired) electrons. The van der Waals surface area contributed by atoms with E-state index in [1.807, 2.05) is 24.3 Å². The van der Waals surface area contributed by atoms with Crippen molar-refractivity contribution in [3.05, 3.63) is 29.8 Å². The molecule has 1 aliphatic carbocycles. The molecule has 4 heteroatoms. The van der Waals surface area contributed by atoms with Gasteiger partial charge in [0.05, 0.1) is 11.3 Å². The molecule has 1 fully saturated rings. The van der Waals surface area contributed by atoms with Gasteiger partial charge >= 0.3 is 0 Å². The Labute approximate surface area is 120 Å². The lowest BCUT2D eigenvalue weighted by Gasteiger charge is -2.31. The molecule has 0 spiro atoms. The van der Waals surface area contributed by atoms with E-state index in [1.165, 1.54) is 6.42 Å². The summed E-state index contributed by atoms with van der Waals surface area (Å²) in [6, 6.07) is 7.70. The second kappa shape index (κ2) is 6.75. The number of hydrogen-bond acceptors (Lipinski definition) is 4. The normalized spacial score (nSPS) is 18.8. The van der Waals surface area contributed by atoms with Crippen LogP contribution in [-0.4, -0.2) is 28.2 Å². The summed E-state index contributed by atoms with van der Waals surface area (Å²) in [5, 5.41) is 22.2. The topological polar surface area (TPSA) is 62.0 Å². The molecule has 1 aliphatic rings. The fraction of sp³-hybridized carbons (Fsp3) is 0.562. The van der Waals surface area contributed by atoms with Gasteiger partial charge in [0.15, 0.2) is 0 Å². The second-order valence-electron chi connectivity index (χ2n) is 5.73. The summed E-state index contributed by atoms with van der Waals surface area (Å²) in [5.41, 5.74) is 1.09. The van der Waals surface area contributed by atoms with Crippen molar-refractivity contribution in [3.63, 3.8) is 0 Å². The highest BCUT2D eigenvalue weighted by atomic mass is 16.5. The van der Waals surface area contributed by atoms with E-state index in [9.17, 15) is 5.11 Å². The Balaban J connectivity index is 1.87. The minimum atomic E-state index is -0.656. The van der Waals surface area contributed by atoms with Crippen molar-refractivity contribution in [2.24, 2.45) is 5.16 Å². The lowest BCUT2D eigenvalue weighted by Crippen LogP contribution is -2.37. The summed E-state index contributed by atoms with van der Waals surface area (Å²) in [6.45, 7) is 2.15. The average Bonchev–Trinajstić information content (AvgIpc) is 2.47. The SMILES string of the molecule is C/C(Cc1ccc(OCC2(O)CCCCC2)cc1)=N/O. The Morgan fingerprint density at radius 1 is 1.20 bits per heavy atom. The van der Waals surface area contributed by atoms with Gasteiger partial charge in [0.1, 0.15) is 12.4 Å². The van der Waals surface area contributed by atoms with E-state index >= 15 is 0 Å². The van der Waals surface area contributed by atoms with Gasteiger partial charge in [0, 0.05) is 6.42 Å². The van der Waals surface area contributed by atoms with Gasteiger partial charge in [-0.2, -0.15) is 0 Å². The summed E-state index contributed by atoms with van der Waals surface area (Å²) in [4.78, 5) is 0. The molecule has 0 heterocycles. The van der Waals surface area contributed by atoms with Crippen LogP contribution in [-0.2, 0) is 6.42 Å². The lowest BCUT2D eigenvalue weighted by atomic mass is 9.85. The molecule has 20 heavy (non-hydrogen) atoms. The first-order valence-corrected chi connectivity index (χ1v) is 7.23. The number of oxime groups is 1. The molecular formula is C16H23NO3. The maximum atomic E-state index is 10.4. The molecule has 110 valence electrons. The number of nitrogens with zero attached hydrogens (tertiary/aromatic N) is 1. The van der Waals surface area contributed by atoms with E-state index in [0.29, 0.717) is 18.7 Å². The van der Waals surface area contributed by atoms with E-state index in [2.05, 4.69) is 5.16 Å². The first-order valence-electron chi connectivity index (χ1n) is 7.23. The molecule has 2 N–H and O–H groups in total. The summed E-state index contributed by atoms with van der Waals surface area (Å²) >= 11 is 0. The minimum Gasteiger partial charge on any atom is -0.491 e. The van der Waals surface area contributed by atoms with Gasteiger partial charge in [-0.15, -0.1) is 0 Å². The van der Waals surface area contributed by atoms with Crippen molar-refractivity contribution < 1.29 is 15.1 Å². The molecule has 1 aromatic rings. The molecule has 0 aliphatic heterocycles. The number of aliphatic hydroxyl groups is 1. The summed E-state index contributed by atoms with van der Waals surface area (Å²) in [7, 11) is 0. The quantitative estimate of drug-likeness (QED) is 0.494. The minimum absolute atomic E-state index is 0.365. The van der Waals surface area contributed by atoms with Crippen LogP contribution < -0.4 is 4.74 Å². The van der Waals surface area contributed by atoms with Crippen LogP contribution in [0.5, 0.6) is 5.75 Å². The van der Waals surface area contributed by atoms with Gasteiger partial charge in [0.25, 0.3) is 0 Å². The number of rotatable bonds is 5. The van der Waals surface area contributed by atoms with E-state index in [-0.39, 0.29) is 0 Å². The van der Waals surface area contributed by atoms with Crippen LogP contribution >= 0.6 is 0 Å². The Morgan fingerprint density at radius 3 is 2.45 bits per heavy atom. The van der Waals surface area contributed by atoms with Gasteiger partial charge in [-0.25, -0.2) is 0 Å². The first kappa shape index (κ1) is 14.9. The molecule has 0 atom stereocenters. The van der Waals surface area contributed by atoms with E-state index in [4.69, 9.17) is 9.94 Å². The third-order valence-corrected chi connectivity index (χ3v) is 3.85. The molecule has 0 bridgehead atoms. The highest BCUT2D eigenvalue weighted by molar-refractivity contribution is 5.83. The Kier molecular flexibility index (Phi) is 5.01. The molecule has 0 aromatic heterocycles. The number of hydrogen-bond donors (Lipinski definition) is 2. The van der Waals surface area contributed by atoms with Crippen LogP contribution in [0.15, 0.2) is 29.4 Å². The fourth-order valence-corrected chi connectivity index (χ4v) is 2.61. The Bertz CT molecular complexity index is 447. The van der Waals surface area contributed by atoms with Gasteiger partial charge < -0.3 is 15.1 Å². The molecule has 1 saturated carbocycles. The van der Waals surface area contributed by atoms with E-state index in [0.717, 1.165) is 37.0 Å². The standard InChI is InChI=1S/C16H23NO3/c1-13(17-19)11-14-5-7-15(8-6-14)20-12-16(18)9-3-2-4-10-16/h5-8,18-19H,2-4,9-12H2,1H3/b17-13-. The van der Waals surface area contributed by atoms with Crippen LogP contribution in [0.25, 0.3) is 0 Å². The van der Waals surface area contributed by atoms with Crippen molar-refractivity contribution in [3.8, 4) is 5.75 Å². The summed E-state index contributed by atoms with van der Waals surface area (Å²) in [5.74, 6) is 0.770. The molecule has 0 amide bonds. The van der Waals surface area contributed by atoms with Gasteiger partial charge in [-0.05, 0) is 37.5 Å². The van der Waals surface area contributed by atoms with Crippen LogP contribution in [0.1, 0.15) is 44.6 Å². The Morgan fingerprint density at radius 2 is 1.85 bits per heavy atom. The number of ether oxygens (including phenoxy) is 1. The van der Waals surface area contributed by atoms with Gasteiger partial charge in [-0.3, -0.25) is 0 Å². The van der Waals surface area contributed by atoms with Crippen molar-refractivity contribution in [1.29, 1.82) is 0 Å². The highest BCUT2D eigenvalue weighted by Crippen LogP contribution is 2.28. The first-order chi connectivity index (χ1) is 9.61. The van der Waals surface area contributed by atoms with E-state index < -0.39 is 5.60 Å². The fourth-order valence-electron chi connectivity index (χ4n) is 2.61. The average molecular weight is 277 g/mol. The zero-order valence-electron chi connectivity index (χ0n) is 12.0. The van der Waals surface area contributed by atoms with Crippen molar-refractivity contribution in [1.82, 2.24) is 0 Å². The van der Waals surface area contributed by atoms with Crippen LogP contribution in [0.3, 0.4) is 0 Å². The smallest absolute Gasteiger partial charge is 0.119 e. The van der Waals surface area contributed by atoms with Crippen LogP contribution in [0.2, 0.25) is 0 Å². The van der Waals surface area contributed by atoms with E-state index in [1.54, 1.807) is 6.92 Å². The van der Waals surface area contributed by atoms with Crippen molar-refractivity contribution >= 4 is 5.71 Å². The largest absolute Gasteiger partial charge is 0.491 e. The molecule has 0 saturated heterocycles. The second-order valence-corrected chi connectivity index (χ2v) is 5.73. The monoisotopic (exact) mass is 277 g/mol.